The van der Waals surface area contributed by atoms with E-state index in [0.717, 1.165) is 18.7 Å². The molecule has 1 aromatic rings. The monoisotopic (exact) mass is 181 g/mol. The van der Waals surface area contributed by atoms with Gasteiger partial charge in [-0.1, -0.05) is 19.1 Å². The summed E-state index contributed by atoms with van der Waals surface area (Å²) in [5.41, 5.74) is 2.56. The van der Waals surface area contributed by atoms with Gasteiger partial charge in [-0.3, -0.25) is 0 Å². The smallest absolute Gasteiger partial charge is 0.0340 e. The Morgan fingerprint density at radius 1 is 1.25 bits per heavy atom. The number of nitrogens with one attached hydrogen (secondary N) is 1. The summed E-state index contributed by atoms with van der Waals surface area (Å²) in [6.45, 7) is 3.09. The van der Waals surface area contributed by atoms with Crippen LogP contribution >= 0.6 is 12.6 Å². The van der Waals surface area contributed by atoms with E-state index in [1.54, 1.807) is 0 Å². The van der Waals surface area contributed by atoms with Gasteiger partial charge in [-0.25, -0.2) is 0 Å². The lowest BCUT2D eigenvalue weighted by molar-refractivity contribution is 1.14. The largest absolute Gasteiger partial charge is 0.384 e. The minimum absolute atomic E-state index is 0.871. The van der Waals surface area contributed by atoms with Gasteiger partial charge in [0.15, 0.2) is 0 Å². The van der Waals surface area contributed by atoms with Gasteiger partial charge in [-0.05, 0) is 24.1 Å². The van der Waals surface area contributed by atoms with Crippen molar-refractivity contribution in [2.45, 2.75) is 13.3 Å². The first-order valence-electron chi connectivity index (χ1n) is 4.30. The van der Waals surface area contributed by atoms with Gasteiger partial charge in [-0.15, -0.1) is 0 Å². The molecule has 0 amide bonds. The first-order chi connectivity index (χ1) is 5.86. The molecule has 0 aliphatic rings. The van der Waals surface area contributed by atoms with Gasteiger partial charge in [0.2, 0.25) is 0 Å². The molecule has 0 aliphatic carbocycles. The molecule has 0 heterocycles. The molecular weight excluding hydrogens is 166 g/mol. The lowest BCUT2D eigenvalue weighted by atomic mass is 10.1. The predicted octanol–water partition coefficient (Wildman–Crippen LogP) is 2.59. The number of hydrogen-bond donors (Lipinski definition) is 2. The average molecular weight is 181 g/mol. The molecule has 0 bridgehead atoms. The molecule has 0 radical (unpaired) electrons. The molecule has 1 N–H and O–H groups in total. The average Bonchev–Trinajstić information content (AvgIpc) is 2.15. The van der Waals surface area contributed by atoms with Crippen molar-refractivity contribution in [1.29, 1.82) is 0 Å². The summed E-state index contributed by atoms with van der Waals surface area (Å²) in [5, 5.41) is 3.27. The highest BCUT2D eigenvalue weighted by Crippen LogP contribution is 2.09. The third kappa shape index (κ3) is 2.78. The zero-order valence-corrected chi connectivity index (χ0v) is 8.27. The van der Waals surface area contributed by atoms with E-state index in [1.807, 2.05) is 0 Å². The summed E-state index contributed by atoms with van der Waals surface area (Å²) >= 11 is 4.13. The van der Waals surface area contributed by atoms with Gasteiger partial charge >= 0.3 is 0 Å². The number of anilines is 1. The van der Waals surface area contributed by atoms with Crippen molar-refractivity contribution in [3.05, 3.63) is 29.8 Å². The molecule has 2 heteroatoms. The standard InChI is InChI=1S/C10H15NS/c1-2-9-3-5-10(6-4-9)11-7-8-12/h3-6,11-12H,2,7-8H2,1H3. The second-order valence-electron chi connectivity index (χ2n) is 2.70. The fourth-order valence-electron chi connectivity index (χ4n) is 1.06. The van der Waals surface area contributed by atoms with Crippen LogP contribution in [0.3, 0.4) is 0 Å². The van der Waals surface area contributed by atoms with Crippen LogP contribution in [0.1, 0.15) is 12.5 Å². The molecule has 0 spiro atoms. The van der Waals surface area contributed by atoms with E-state index in [-0.39, 0.29) is 0 Å². The van der Waals surface area contributed by atoms with Crippen molar-refractivity contribution in [2.24, 2.45) is 0 Å². The Kier molecular flexibility index (Phi) is 4.01. The number of thiol groups is 1. The Morgan fingerprint density at radius 2 is 1.92 bits per heavy atom. The van der Waals surface area contributed by atoms with E-state index in [0.29, 0.717) is 0 Å². The van der Waals surface area contributed by atoms with Crippen LogP contribution in [-0.2, 0) is 6.42 Å². The van der Waals surface area contributed by atoms with Crippen LogP contribution < -0.4 is 5.32 Å². The molecule has 0 saturated heterocycles. The van der Waals surface area contributed by atoms with Gasteiger partial charge in [0.1, 0.15) is 0 Å². The third-order valence-electron chi connectivity index (χ3n) is 1.80. The molecule has 1 aromatic carbocycles. The van der Waals surface area contributed by atoms with E-state index in [1.165, 1.54) is 11.3 Å². The molecule has 0 saturated carbocycles. The van der Waals surface area contributed by atoms with E-state index in [9.17, 15) is 0 Å². The van der Waals surface area contributed by atoms with Crippen LogP contribution in [0.15, 0.2) is 24.3 Å². The maximum Gasteiger partial charge on any atom is 0.0340 e. The molecule has 0 aliphatic heterocycles. The van der Waals surface area contributed by atoms with Crippen molar-refractivity contribution >= 4 is 18.3 Å². The predicted molar refractivity (Wildman–Crippen MR) is 58.2 cm³/mol. The summed E-state index contributed by atoms with van der Waals surface area (Å²) < 4.78 is 0. The van der Waals surface area contributed by atoms with Crippen LogP contribution in [-0.4, -0.2) is 12.3 Å². The maximum absolute atomic E-state index is 4.13. The van der Waals surface area contributed by atoms with Crippen LogP contribution in [0.4, 0.5) is 5.69 Å². The Hall–Kier alpha value is -0.630. The SMILES string of the molecule is CCc1ccc(NCCS)cc1. The van der Waals surface area contributed by atoms with Crippen molar-refractivity contribution in [2.75, 3.05) is 17.6 Å². The highest BCUT2D eigenvalue weighted by atomic mass is 32.1. The number of hydrogen-bond acceptors (Lipinski definition) is 2. The summed E-state index contributed by atoms with van der Waals surface area (Å²) in [6, 6.07) is 8.53. The Labute approximate surface area is 79.6 Å². The molecule has 0 fully saturated rings. The molecule has 0 aromatic heterocycles. The molecule has 1 nitrogen and oxygen atoms in total. The second kappa shape index (κ2) is 5.09. The van der Waals surface area contributed by atoms with Gasteiger partial charge in [0.25, 0.3) is 0 Å². The van der Waals surface area contributed by atoms with Crippen LogP contribution in [0, 0.1) is 0 Å². The quantitative estimate of drug-likeness (QED) is 0.680. The number of rotatable bonds is 4. The van der Waals surface area contributed by atoms with Crippen molar-refractivity contribution in [3.63, 3.8) is 0 Å². The molecular formula is C10H15NS. The first-order valence-corrected chi connectivity index (χ1v) is 4.93. The van der Waals surface area contributed by atoms with E-state index in [2.05, 4.69) is 49.1 Å². The number of benzene rings is 1. The topological polar surface area (TPSA) is 12.0 Å². The molecule has 0 atom stereocenters. The van der Waals surface area contributed by atoms with E-state index in [4.69, 9.17) is 0 Å². The third-order valence-corrected chi connectivity index (χ3v) is 2.03. The fraction of sp³-hybridized carbons (Fsp3) is 0.400. The van der Waals surface area contributed by atoms with Gasteiger partial charge < -0.3 is 5.32 Å². The van der Waals surface area contributed by atoms with E-state index < -0.39 is 0 Å². The van der Waals surface area contributed by atoms with Gasteiger partial charge in [-0.2, -0.15) is 12.6 Å². The summed E-state index contributed by atoms with van der Waals surface area (Å²) in [5.74, 6) is 0.871. The zero-order valence-electron chi connectivity index (χ0n) is 7.38. The van der Waals surface area contributed by atoms with E-state index >= 15 is 0 Å². The summed E-state index contributed by atoms with van der Waals surface area (Å²) in [6.07, 6.45) is 1.10. The zero-order chi connectivity index (χ0) is 8.81. The van der Waals surface area contributed by atoms with Crippen molar-refractivity contribution in [1.82, 2.24) is 0 Å². The Balaban J connectivity index is 2.53. The Bertz CT molecular complexity index is 218. The highest BCUT2D eigenvalue weighted by molar-refractivity contribution is 7.80. The minimum atomic E-state index is 0.871. The highest BCUT2D eigenvalue weighted by Gasteiger charge is 1.90. The maximum atomic E-state index is 4.13. The summed E-state index contributed by atoms with van der Waals surface area (Å²) in [7, 11) is 0. The van der Waals surface area contributed by atoms with Gasteiger partial charge in [0, 0.05) is 18.0 Å². The normalized spacial score (nSPS) is 9.83. The van der Waals surface area contributed by atoms with Crippen LogP contribution in [0.5, 0.6) is 0 Å². The van der Waals surface area contributed by atoms with Crippen LogP contribution in [0.2, 0.25) is 0 Å². The fourth-order valence-corrected chi connectivity index (χ4v) is 1.17. The van der Waals surface area contributed by atoms with Gasteiger partial charge in [0.05, 0.1) is 0 Å². The second-order valence-corrected chi connectivity index (χ2v) is 3.15. The molecule has 12 heavy (non-hydrogen) atoms. The molecule has 0 unspecified atom stereocenters. The lowest BCUT2D eigenvalue weighted by Gasteiger charge is -2.04. The van der Waals surface area contributed by atoms with Crippen molar-refractivity contribution in [3.8, 4) is 0 Å². The summed E-state index contributed by atoms with van der Waals surface area (Å²) in [4.78, 5) is 0. The van der Waals surface area contributed by atoms with Crippen molar-refractivity contribution < 1.29 is 0 Å². The lowest BCUT2D eigenvalue weighted by Crippen LogP contribution is -2.01. The number of aryl methyl sites for hydroxylation is 1. The van der Waals surface area contributed by atoms with Crippen LogP contribution in [0.25, 0.3) is 0 Å². The molecule has 66 valence electrons. The minimum Gasteiger partial charge on any atom is -0.384 e. The Morgan fingerprint density at radius 3 is 2.42 bits per heavy atom. The first kappa shape index (κ1) is 9.46. The molecule has 1 rings (SSSR count).